The Morgan fingerprint density at radius 2 is 2.21 bits per heavy atom. The van der Waals surface area contributed by atoms with Crippen LogP contribution in [0.25, 0.3) is 0 Å². The summed E-state index contributed by atoms with van der Waals surface area (Å²) in [6.45, 7) is 0. The molecule has 0 heterocycles. The molecule has 1 aliphatic carbocycles. The Labute approximate surface area is 88.9 Å². The predicted octanol–water partition coefficient (Wildman–Crippen LogP) is 1.89. The number of aromatic carboxylic acids is 1. The fourth-order valence-corrected chi connectivity index (χ4v) is 2.25. The number of ketones is 1. The summed E-state index contributed by atoms with van der Waals surface area (Å²) in [4.78, 5) is 22.1. The molecular formula is C10H7BrO3. The first-order chi connectivity index (χ1) is 6.61. The maximum Gasteiger partial charge on any atom is 0.335 e. The number of carboxylic acids is 1. The molecule has 14 heavy (non-hydrogen) atoms. The molecule has 1 aliphatic rings. The lowest BCUT2D eigenvalue weighted by Crippen LogP contribution is -2.05. The standard InChI is InChI=1S/C10H7BrO3/c11-8-4-7-5(9(8)12)2-1-3-6(7)10(13)14/h1-3,8H,4H2,(H,13,14). The lowest BCUT2D eigenvalue weighted by Gasteiger charge is -2.01. The summed E-state index contributed by atoms with van der Waals surface area (Å²) in [6, 6.07) is 4.80. The first kappa shape index (κ1) is 9.40. The summed E-state index contributed by atoms with van der Waals surface area (Å²) in [5.74, 6) is -1.00. The number of hydrogen-bond acceptors (Lipinski definition) is 2. The lowest BCUT2D eigenvalue weighted by atomic mass is 10.0. The van der Waals surface area contributed by atoms with E-state index in [1.165, 1.54) is 6.07 Å². The van der Waals surface area contributed by atoms with E-state index in [-0.39, 0.29) is 16.2 Å². The highest BCUT2D eigenvalue weighted by molar-refractivity contribution is 9.10. The highest BCUT2D eigenvalue weighted by Gasteiger charge is 2.31. The van der Waals surface area contributed by atoms with Crippen LogP contribution in [0, 0.1) is 0 Å². The van der Waals surface area contributed by atoms with Gasteiger partial charge in [-0.2, -0.15) is 0 Å². The van der Waals surface area contributed by atoms with Gasteiger partial charge in [0.1, 0.15) is 0 Å². The Morgan fingerprint density at radius 3 is 2.86 bits per heavy atom. The zero-order chi connectivity index (χ0) is 10.3. The Morgan fingerprint density at radius 1 is 1.50 bits per heavy atom. The second-order valence-corrected chi connectivity index (χ2v) is 4.28. The van der Waals surface area contributed by atoms with Crippen molar-refractivity contribution in [2.45, 2.75) is 11.2 Å². The molecule has 0 amide bonds. The Bertz CT molecular complexity index is 425. The quantitative estimate of drug-likeness (QED) is 0.779. The monoisotopic (exact) mass is 254 g/mol. The fourth-order valence-electron chi connectivity index (χ4n) is 1.68. The van der Waals surface area contributed by atoms with E-state index >= 15 is 0 Å². The van der Waals surface area contributed by atoms with E-state index in [9.17, 15) is 9.59 Å². The normalized spacial score (nSPS) is 19.5. The molecule has 72 valence electrons. The van der Waals surface area contributed by atoms with Gasteiger partial charge in [-0.1, -0.05) is 28.1 Å². The summed E-state index contributed by atoms with van der Waals surface area (Å²) in [5.41, 5.74) is 1.41. The topological polar surface area (TPSA) is 54.4 Å². The number of carbonyl (C=O) groups excluding carboxylic acids is 1. The molecule has 0 fully saturated rings. The molecule has 0 saturated heterocycles. The number of hydrogen-bond donors (Lipinski definition) is 1. The van der Waals surface area contributed by atoms with Crippen molar-refractivity contribution in [3.05, 3.63) is 34.9 Å². The molecule has 3 nitrogen and oxygen atoms in total. The maximum atomic E-state index is 11.5. The number of fused-ring (bicyclic) bond motifs is 1. The van der Waals surface area contributed by atoms with E-state index in [0.29, 0.717) is 17.5 Å². The number of benzene rings is 1. The Kier molecular flexibility index (Phi) is 2.15. The SMILES string of the molecule is O=C(O)c1cccc2c1CC(Br)C2=O. The lowest BCUT2D eigenvalue weighted by molar-refractivity contribution is 0.0695. The first-order valence-electron chi connectivity index (χ1n) is 4.14. The van der Waals surface area contributed by atoms with Crippen LogP contribution >= 0.6 is 15.9 Å². The summed E-state index contributed by atoms with van der Waals surface area (Å²) in [7, 11) is 0. The summed E-state index contributed by atoms with van der Waals surface area (Å²) in [6.07, 6.45) is 0.469. The van der Waals surface area contributed by atoms with Crippen LogP contribution in [0.3, 0.4) is 0 Å². The van der Waals surface area contributed by atoms with Crippen LogP contribution in [0.5, 0.6) is 0 Å². The smallest absolute Gasteiger partial charge is 0.335 e. The summed E-state index contributed by atoms with van der Waals surface area (Å²) in [5, 5.41) is 8.89. The zero-order valence-electron chi connectivity index (χ0n) is 7.16. The minimum atomic E-state index is -0.976. The predicted molar refractivity (Wildman–Crippen MR) is 54.2 cm³/mol. The second kappa shape index (κ2) is 3.20. The van der Waals surface area contributed by atoms with Crippen LogP contribution in [0.15, 0.2) is 18.2 Å². The van der Waals surface area contributed by atoms with Gasteiger partial charge in [-0.25, -0.2) is 4.79 Å². The molecule has 1 aromatic rings. The molecule has 4 heteroatoms. The molecule has 1 aromatic carbocycles. The number of rotatable bonds is 1. The third-order valence-corrected chi connectivity index (χ3v) is 3.08. The molecule has 0 bridgehead atoms. The number of carboxylic acid groups (broad SMARTS) is 1. The van der Waals surface area contributed by atoms with Crippen LogP contribution in [-0.2, 0) is 6.42 Å². The minimum Gasteiger partial charge on any atom is -0.478 e. The van der Waals surface area contributed by atoms with Crippen molar-refractivity contribution in [2.24, 2.45) is 0 Å². The largest absolute Gasteiger partial charge is 0.478 e. The maximum absolute atomic E-state index is 11.5. The molecule has 1 N–H and O–H groups in total. The Hall–Kier alpha value is -1.16. The van der Waals surface area contributed by atoms with Gasteiger partial charge in [0.15, 0.2) is 5.78 Å². The van der Waals surface area contributed by atoms with Gasteiger partial charge in [-0.3, -0.25) is 4.79 Å². The molecule has 1 unspecified atom stereocenters. The van der Waals surface area contributed by atoms with Gasteiger partial charge in [-0.15, -0.1) is 0 Å². The van der Waals surface area contributed by atoms with Crippen molar-refractivity contribution in [3.63, 3.8) is 0 Å². The van der Waals surface area contributed by atoms with Gasteiger partial charge < -0.3 is 5.11 Å². The number of halogens is 1. The molecule has 1 atom stereocenters. The molecule has 0 radical (unpaired) electrons. The van der Waals surface area contributed by atoms with Crippen LogP contribution in [0.4, 0.5) is 0 Å². The molecule has 0 aromatic heterocycles. The second-order valence-electron chi connectivity index (χ2n) is 3.17. The van der Waals surface area contributed by atoms with E-state index in [1.54, 1.807) is 12.1 Å². The van der Waals surface area contributed by atoms with Crippen LogP contribution in [0.1, 0.15) is 26.3 Å². The van der Waals surface area contributed by atoms with Gasteiger partial charge in [-0.05, 0) is 18.1 Å². The first-order valence-corrected chi connectivity index (χ1v) is 5.06. The molecule has 0 spiro atoms. The highest BCUT2D eigenvalue weighted by Crippen LogP contribution is 2.29. The fraction of sp³-hybridized carbons (Fsp3) is 0.200. The van der Waals surface area contributed by atoms with E-state index in [0.717, 1.165) is 0 Å². The average molecular weight is 255 g/mol. The molecular weight excluding hydrogens is 248 g/mol. The van der Waals surface area contributed by atoms with E-state index in [2.05, 4.69) is 15.9 Å². The van der Waals surface area contributed by atoms with Crippen molar-refractivity contribution in [2.75, 3.05) is 0 Å². The van der Waals surface area contributed by atoms with E-state index < -0.39 is 5.97 Å². The zero-order valence-corrected chi connectivity index (χ0v) is 8.74. The van der Waals surface area contributed by atoms with E-state index in [1.807, 2.05) is 0 Å². The van der Waals surface area contributed by atoms with E-state index in [4.69, 9.17) is 5.11 Å². The number of carbonyl (C=O) groups is 2. The van der Waals surface area contributed by atoms with Gasteiger partial charge in [0.2, 0.25) is 0 Å². The van der Waals surface area contributed by atoms with Gasteiger partial charge in [0.05, 0.1) is 10.4 Å². The minimum absolute atomic E-state index is 0.0249. The van der Waals surface area contributed by atoms with Crippen molar-refractivity contribution < 1.29 is 14.7 Å². The van der Waals surface area contributed by atoms with Gasteiger partial charge >= 0.3 is 5.97 Å². The molecule has 2 rings (SSSR count). The molecule has 0 saturated carbocycles. The average Bonchev–Trinajstić information content (AvgIpc) is 2.43. The van der Waals surface area contributed by atoms with Crippen molar-refractivity contribution >= 4 is 27.7 Å². The van der Waals surface area contributed by atoms with Gasteiger partial charge in [0, 0.05) is 5.56 Å². The number of alkyl halides is 1. The van der Waals surface area contributed by atoms with Crippen molar-refractivity contribution in [1.82, 2.24) is 0 Å². The summed E-state index contributed by atoms with van der Waals surface area (Å²) >= 11 is 3.23. The van der Waals surface area contributed by atoms with Crippen LogP contribution in [0.2, 0.25) is 0 Å². The highest BCUT2D eigenvalue weighted by atomic mass is 79.9. The molecule has 0 aliphatic heterocycles. The van der Waals surface area contributed by atoms with Crippen LogP contribution < -0.4 is 0 Å². The van der Waals surface area contributed by atoms with Crippen molar-refractivity contribution in [3.8, 4) is 0 Å². The number of Topliss-reactive ketones (excluding diaryl/α,β-unsaturated/α-hetero) is 1. The van der Waals surface area contributed by atoms with Crippen LogP contribution in [-0.4, -0.2) is 21.7 Å². The summed E-state index contributed by atoms with van der Waals surface area (Å²) < 4.78 is 0. The Balaban J connectivity index is 2.61. The third-order valence-electron chi connectivity index (χ3n) is 2.34. The van der Waals surface area contributed by atoms with Crippen molar-refractivity contribution in [1.29, 1.82) is 0 Å². The third kappa shape index (κ3) is 1.26. The van der Waals surface area contributed by atoms with Gasteiger partial charge in [0.25, 0.3) is 0 Å².